The highest BCUT2D eigenvalue weighted by molar-refractivity contribution is 6.24. The molecule has 31 heavy (non-hydrogen) atoms. The van der Waals surface area contributed by atoms with Gasteiger partial charge in [0.15, 0.2) is 11.6 Å². The normalized spacial score (nSPS) is 31.5. The van der Waals surface area contributed by atoms with Gasteiger partial charge in [0, 0.05) is 11.5 Å². The highest BCUT2D eigenvalue weighted by Gasteiger charge is 2.51. The molecular weight excluding hydrogens is 392 g/mol. The first-order valence-corrected chi connectivity index (χ1v) is 11.1. The fourth-order valence-corrected chi connectivity index (χ4v) is 4.83. The number of carbonyl (C=O) groups is 2. The van der Waals surface area contributed by atoms with E-state index in [1.54, 1.807) is 27.7 Å². The highest BCUT2D eigenvalue weighted by atomic mass is 16.3. The van der Waals surface area contributed by atoms with Gasteiger partial charge in [-0.25, -0.2) is 0 Å². The quantitative estimate of drug-likeness (QED) is 0.365. The molecule has 0 spiro atoms. The van der Waals surface area contributed by atoms with E-state index in [9.17, 15) is 24.9 Å². The van der Waals surface area contributed by atoms with Crippen LogP contribution in [-0.4, -0.2) is 32.5 Å². The van der Waals surface area contributed by atoms with Crippen LogP contribution in [0.1, 0.15) is 74.1 Å². The molecule has 1 saturated carbocycles. The van der Waals surface area contributed by atoms with Crippen molar-refractivity contribution in [2.75, 3.05) is 0 Å². The Hall–Kier alpha value is -2.14. The topological polar surface area (TPSA) is 94.8 Å². The van der Waals surface area contributed by atoms with Crippen LogP contribution in [0, 0.1) is 23.2 Å². The molecule has 172 valence electrons. The van der Waals surface area contributed by atoms with Gasteiger partial charge in [0.1, 0.15) is 17.1 Å². The van der Waals surface area contributed by atoms with Crippen LogP contribution in [0.2, 0.25) is 0 Å². The second-order valence-corrected chi connectivity index (χ2v) is 10.4. The zero-order valence-corrected chi connectivity index (χ0v) is 20.0. The molecule has 0 bridgehead atoms. The molecular formula is C26H38O5. The van der Waals surface area contributed by atoms with Crippen molar-refractivity contribution in [2.45, 2.75) is 79.8 Å². The lowest BCUT2D eigenvalue weighted by Gasteiger charge is -2.37. The van der Waals surface area contributed by atoms with Crippen LogP contribution in [0.25, 0.3) is 0 Å². The van der Waals surface area contributed by atoms with Crippen LogP contribution in [0.15, 0.2) is 46.5 Å². The number of Topliss-reactive ketones (excluding diaryl/α,β-unsaturated/α-hetero) is 2. The average molecular weight is 431 g/mol. The SMILES string of the molecule is C=C(C)C1CCC(C)(O)C1CC1=C(O)C(C)(CC=C(C)C)C(=O)C(C(=O)C(C)C)=C1O. The molecule has 0 saturated heterocycles. The minimum atomic E-state index is -1.35. The van der Waals surface area contributed by atoms with E-state index < -0.39 is 34.3 Å². The second kappa shape index (κ2) is 8.78. The van der Waals surface area contributed by atoms with Crippen molar-refractivity contribution in [1.82, 2.24) is 0 Å². The first kappa shape index (κ1) is 25.1. The van der Waals surface area contributed by atoms with Gasteiger partial charge in [-0.15, -0.1) is 0 Å². The first-order valence-electron chi connectivity index (χ1n) is 11.1. The maximum absolute atomic E-state index is 13.4. The predicted molar refractivity (Wildman–Crippen MR) is 123 cm³/mol. The van der Waals surface area contributed by atoms with E-state index in [0.717, 1.165) is 17.6 Å². The van der Waals surface area contributed by atoms with Crippen LogP contribution in [0.3, 0.4) is 0 Å². The molecule has 5 nitrogen and oxygen atoms in total. The van der Waals surface area contributed by atoms with Crippen LogP contribution in [0.4, 0.5) is 0 Å². The fourth-order valence-electron chi connectivity index (χ4n) is 4.83. The van der Waals surface area contributed by atoms with Gasteiger partial charge in [0.2, 0.25) is 0 Å². The van der Waals surface area contributed by atoms with Gasteiger partial charge < -0.3 is 15.3 Å². The van der Waals surface area contributed by atoms with Crippen molar-refractivity contribution in [3.05, 3.63) is 46.5 Å². The molecule has 4 unspecified atom stereocenters. The molecule has 0 aromatic heterocycles. The van der Waals surface area contributed by atoms with Crippen molar-refractivity contribution in [2.24, 2.45) is 23.2 Å². The number of carbonyl (C=O) groups excluding carboxylic acids is 2. The molecule has 2 aliphatic carbocycles. The maximum Gasteiger partial charge on any atom is 0.183 e. The fraction of sp³-hybridized carbons (Fsp3) is 0.615. The summed E-state index contributed by atoms with van der Waals surface area (Å²) in [7, 11) is 0. The van der Waals surface area contributed by atoms with Gasteiger partial charge in [0.05, 0.1) is 11.0 Å². The molecule has 2 rings (SSSR count). The summed E-state index contributed by atoms with van der Waals surface area (Å²) in [5, 5.41) is 33.3. The second-order valence-electron chi connectivity index (χ2n) is 10.4. The summed E-state index contributed by atoms with van der Waals surface area (Å²) in [5.41, 5.74) is -0.480. The van der Waals surface area contributed by atoms with E-state index in [-0.39, 0.29) is 41.6 Å². The van der Waals surface area contributed by atoms with Gasteiger partial charge in [-0.3, -0.25) is 9.59 Å². The van der Waals surface area contributed by atoms with E-state index in [1.807, 2.05) is 26.8 Å². The van der Waals surface area contributed by atoms with Crippen LogP contribution in [-0.2, 0) is 9.59 Å². The third-order valence-electron chi connectivity index (χ3n) is 7.05. The van der Waals surface area contributed by atoms with Crippen molar-refractivity contribution in [3.63, 3.8) is 0 Å². The third kappa shape index (κ3) is 4.57. The number of ketones is 2. The molecule has 0 aliphatic heterocycles. The molecule has 4 atom stereocenters. The molecule has 0 amide bonds. The predicted octanol–water partition coefficient (Wildman–Crippen LogP) is 5.52. The third-order valence-corrected chi connectivity index (χ3v) is 7.05. The van der Waals surface area contributed by atoms with Gasteiger partial charge in [-0.2, -0.15) is 0 Å². The Morgan fingerprint density at radius 2 is 1.81 bits per heavy atom. The molecule has 2 aliphatic rings. The summed E-state index contributed by atoms with van der Waals surface area (Å²) in [6.07, 6.45) is 3.58. The maximum atomic E-state index is 13.4. The van der Waals surface area contributed by atoms with Crippen LogP contribution >= 0.6 is 0 Å². The van der Waals surface area contributed by atoms with E-state index in [2.05, 4.69) is 6.58 Å². The number of aliphatic hydroxyl groups excluding tert-OH is 2. The smallest absolute Gasteiger partial charge is 0.183 e. The number of allylic oxidation sites excluding steroid dienone is 6. The number of aliphatic hydroxyl groups is 3. The van der Waals surface area contributed by atoms with Crippen molar-refractivity contribution < 1.29 is 24.9 Å². The Labute approximate surface area is 186 Å². The van der Waals surface area contributed by atoms with Gasteiger partial charge in [-0.1, -0.05) is 37.6 Å². The Morgan fingerprint density at radius 3 is 2.29 bits per heavy atom. The number of hydrogen-bond donors (Lipinski definition) is 3. The van der Waals surface area contributed by atoms with Crippen LogP contribution in [0.5, 0.6) is 0 Å². The standard InChI is InChI=1S/C26H38O5/c1-14(2)9-11-25(7)23(29)18(22(28)20(24(25)30)21(27)16(5)6)13-19-17(15(3)4)10-12-26(19,8)31/h9,16-17,19,28-29,31H,3,10-13H2,1-2,4-8H3. The lowest BCUT2D eigenvalue weighted by atomic mass is 9.67. The first-order chi connectivity index (χ1) is 14.1. The van der Waals surface area contributed by atoms with Gasteiger partial charge in [-0.05, 0) is 72.1 Å². The number of rotatable bonds is 7. The summed E-state index contributed by atoms with van der Waals surface area (Å²) in [4.78, 5) is 26.3. The minimum absolute atomic E-state index is 0.0222. The van der Waals surface area contributed by atoms with E-state index in [4.69, 9.17) is 0 Å². The summed E-state index contributed by atoms with van der Waals surface area (Å²) < 4.78 is 0. The Bertz CT molecular complexity index is 879. The van der Waals surface area contributed by atoms with Crippen molar-refractivity contribution in [1.29, 1.82) is 0 Å². The Kier molecular flexibility index (Phi) is 7.11. The number of hydrogen-bond acceptors (Lipinski definition) is 5. The molecule has 1 fully saturated rings. The lowest BCUT2D eigenvalue weighted by molar-refractivity contribution is -0.128. The molecule has 0 heterocycles. The molecule has 3 N–H and O–H groups in total. The van der Waals surface area contributed by atoms with E-state index in [1.165, 1.54) is 0 Å². The molecule has 0 radical (unpaired) electrons. The summed E-state index contributed by atoms with van der Waals surface area (Å²) in [6, 6.07) is 0. The molecule has 0 aromatic rings. The Balaban J connectivity index is 2.68. The highest BCUT2D eigenvalue weighted by Crippen LogP contribution is 2.50. The minimum Gasteiger partial charge on any atom is -0.511 e. The largest absolute Gasteiger partial charge is 0.511 e. The summed E-state index contributed by atoms with van der Waals surface area (Å²) in [6.45, 7) is 16.5. The zero-order valence-electron chi connectivity index (χ0n) is 20.0. The monoisotopic (exact) mass is 430 g/mol. The zero-order chi connectivity index (χ0) is 23.9. The van der Waals surface area contributed by atoms with Crippen molar-refractivity contribution >= 4 is 11.6 Å². The Morgan fingerprint density at radius 1 is 1.23 bits per heavy atom. The van der Waals surface area contributed by atoms with E-state index >= 15 is 0 Å². The molecule has 0 aromatic carbocycles. The average Bonchev–Trinajstić information content (AvgIpc) is 2.96. The summed E-state index contributed by atoms with van der Waals surface area (Å²) >= 11 is 0. The van der Waals surface area contributed by atoms with Crippen molar-refractivity contribution in [3.8, 4) is 0 Å². The van der Waals surface area contributed by atoms with Crippen LogP contribution < -0.4 is 0 Å². The lowest BCUT2D eigenvalue weighted by Crippen LogP contribution is -2.41. The van der Waals surface area contributed by atoms with Gasteiger partial charge in [0.25, 0.3) is 0 Å². The van der Waals surface area contributed by atoms with E-state index in [0.29, 0.717) is 6.42 Å². The summed E-state index contributed by atoms with van der Waals surface area (Å²) in [5.74, 6) is -2.40. The molecule has 5 heteroatoms. The van der Waals surface area contributed by atoms with Gasteiger partial charge >= 0.3 is 0 Å².